The van der Waals surface area contributed by atoms with Crippen molar-refractivity contribution in [1.82, 2.24) is 0 Å². The lowest BCUT2D eigenvalue weighted by molar-refractivity contribution is -0.205. The molecule has 3 N–H and O–H groups in total. The Kier molecular flexibility index (Phi) is 9.19. The molecular formula is C28H37F3O3. The number of hydrogen-bond acceptors (Lipinski definition) is 3. The molecule has 1 saturated carbocycles. The van der Waals surface area contributed by atoms with Crippen LogP contribution in [-0.4, -0.2) is 27.6 Å². The van der Waals surface area contributed by atoms with Crippen molar-refractivity contribution >= 4 is 0 Å². The Balaban J connectivity index is 1.81. The van der Waals surface area contributed by atoms with Crippen molar-refractivity contribution in [2.45, 2.75) is 102 Å². The van der Waals surface area contributed by atoms with Crippen molar-refractivity contribution in [2.75, 3.05) is 0 Å². The second kappa shape index (κ2) is 11.7. The van der Waals surface area contributed by atoms with Crippen LogP contribution in [0.15, 0.2) is 36.4 Å². The van der Waals surface area contributed by atoms with Crippen molar-refractivity contribution in [2.24, 2.45) is 0 Å². The second-order valence-corrected chi connectivity index (χ2v) is 9.69. The Morgan fingerprint density at radius 2 is 1.53 bits per heavy atom. The number of halogens is 3. The van der Waals surface area contributed by atoms with Gasteiger partial charge in [-0.1, -0.05) is 62.6 Å². The maximum atomic E-state index is 12.7. The van der Waals surface area contributed by atoms with E-state index in [1.165, 1.54) is 12.0 Å². The van der Waals surface area contributed by atoms with Gasteiger partial charge in [-0.15, -0.1) is 0 Å². The van der Waals surface area contributed by atoms with Crippen molar-refractivity contribution in [3.8, 4) is 0 Å². The first kappa shape index (κ1) is 26.7. The van der Waals surface area contributed by atoms with E-state index in [-0.39, 0.29) is 31.5 Å². The van der Waals surface area contributed by atoms with Crippen LogP contribution in [0, 0.1) is 0 Å². The molecule has 3 rings (SSSR count). The predicted molar refractivity (Wildman–Crippen MR) is 128 cm³/mol. The zero-order chi connectivity index (χ0) is 24.8. The smallest absolute Gasteiger partial charge is 0.392 e. The van der Waals surface area contributed by atoms with Crippen molar-refractivity contribution < 1.29 is 28.5 Å². The Morgan fingerprint density at radius 3 is 2.15 bits per heavy atom. The second-order valence-electron chi connectivity index (χ2n) is 9.69. The van der Waals surface area contributed by atoms with Gasteiger partial charge in [-0.05, 0) is 83.7 Å². The maximum absolute atomic E-state index is 12.7. The topological polar surface area (TPSA) is 60.7 Å². The lowest BCUT2D eigenvalue weighted by Crippen LogP contribution is -2.30. The molecule has 2 aromatic rings. The molecule has 34 heavy (non-hydrogen) atoms. The average Bonchev–Trinajstić information content (AvgIpc) is 2.85. The Morgan fingerprint density at radius 1 is 0.853 bits per heavy atom. The van der Waals surface area contributed by atoms with Crippen LogP contribution < -0.4 is 0 Å². The van der Waals surface area contributed by atoms with Gasteiger partial charge in [0.05, 0.1) is 13.2 Å². The third-order valence-electron chi connectivity index (χ3n) is 7.58. The highest BCUT2D eigenvalue weighted by molar-refractivity contribution is 5.38. The standard InChI is InChI=1S/C28H37F3O3/c1-2-21-17-25(10-8-22(21)9-11-26(34)28(29,30)31)27(13-4-3-5-14-27)15-12-20-6-7-23(18-32)24(16-20)19-33/h6-8,10,16-17,26,32-34H,2-5,9,11-15,18-19H2,1H3. The molecule has 0 saturated heterocycles. The zero-order valence-corrected chi connectivity index (χ0v) is 20.0. The summed E-state index contributed by atoms with van der Waals surface area (Å²) in [6, 6.07) is 12.1. The summed E-state index contributed by atoms with van der Waals surface area (Å²) in [5.41, 5.74) is 5.88. The number of rotatable bonds is 10. The molecule has 0 amide bonds. The maximum Gasteiger partial charge on any atom is 0.414 e. The van der Waals surface area contributed by atoms with Gasteiger partial charge in [-0.3, -0.25) is 0 Å². The molecule has 0 spiro atoms. The summed E-state index contributed by atoms with van der Waals surface area (Å²) in [5.74, 6) is 0. The summed E-state index contributed by atoms with van der Waals surface area (Å²) in [6.07, 6.45) is 1.29. The first-order chi connectivity index (χ1) is 16.2. The van der Waals surface area contributed by atoms with Gasteiger partial charge in [0, 0.05) is 0 Å². The van der Waals surface area contributed by atoms with E-state index in [1.807, 2.05) is 31.2 Å². The number of hydrogen-bond donors (Lipinski definition) is 3. The molecule has 1 aliphatic carbocycles. The summed E-state index contributed by atoms with van der Waals surface area (Å²) in [4.78, 5) is 0. The SMILES string of the molecule is CCc1cc(C2(CCc3ccc(CO)c(CO)c3)CCCCC2)ccc1CCC(O)C(F)(F)F. The van der Waals surface area contributed by atoms with Gasteiger partial charge < -0.3 is 15.3 Å². The lowest BCUT2D eigenvalue weighted by Gasteiger charge is -2.39. The highest BCUT2D eigenvalue weighted by Gasteiger charge is 2.38. The van der Waals surface area contributed by atoms with E-state index < -0.39 is 12.3 Å². The van der Waals surface area contributed by atoms with E-state index in [0.29, 0.717) is 0 Å². The highest BCUT2D eigenvalue weighted by Crippen LogP contribution is 2.44. The molecule has 6 heteroatoms. The van der Waals surface area contributed by atoms with E-state index >= 15 is 0 Å². The van der Waals surface area contributed by atoms with Crippen LogP contribution >= 0.6 is 0 Å². The van der Waals surface area contributed by atoms with Crippen molar-refractivity contribution in [3.05, 3.63) is 69.8 Å². The van der Waals surface area contributed by atoms with Crippen molar-refractivity contribution in [3.63, 3.8) is 0 Å². The van der Waals surface area contributed by atoms with Crippen LogP contribution in [-0.2, 0) is 37.9 Å². The molecule has 1 unspecified atom stereocenters. The summed E-state index contributed by atoms with van der Waals surface area (Å²) >= 11 is 0. The number of alkyl halides is 3. The van der Waals surface area contributed by atoms with Gasteiger partial charge in [0.25, 0.3) is 0 Å². The number of aliphatic hydroxyl groups is 3. The third kappa shape index (κ3) is 6.41. The largest absolute Gasteiger partial charge is 0.414 e. The van der Waals surface area contributed by atoms with Gasteiger partial charge >= 0.3 is 6.18 Å². The molecule has 188 valence electrons. The molecule has 1 fully saturated rings. The summed E-state index contributed by atoms with van der Waals surface area (Å²) in [5, 5.41) is 28.5. The molecule has 0 aliphatic heterocycles. The number of aliphatic hydroxyl groups excluding tert-OH is 3. The fraction of sp³-hybridized carbons (Fsp3) is 0.571. The zero-order valence-electron chi connectivity index (χ0n) is 20.0. The van der Waals surface area contributed by atoms with E-state index in [0.717, 1.165) is 72.8 Å². The van der Waals surface area contributed by atoms with Gasteiger partial charge in [0.15, 0.2) is 0 Å². The minimum atomic E-state index is -4.58. The first-order valence-corrected chi connectivity index (χ1v) is 12.4. The molecule has 0 radical (unpaired) electrons. The monoisotopic (exact) mass is 478 g/mol. The van der Waals surface area contributed by atoms with E-state index in [1.54, 1.807) is 0 Å². The first-order valence-electron chi connectivity index (χ1n) is 12.4. The minimum absolute atomic E-state index is 0.0290. The number of aryl methyl sites for hydroxylation is 3. The normalized spacial score (nSPS) is 17.0. The molecule has 1 aliphatic rings. The fourth-order valence-corrected chi connectivity index (χ4v) is 5.42. The van der Waals surface area contributed by atoms with Crippen LogP contribution in [0.25, 0.3) is 0 Å². The Bertz CT molecular complexity index is 933. The van der Waals surface area contributed by atoms with Crippen LogP contribution in [0.4, 0.5) is 13.2 Å². The Hall–Kier alpha value is -1.89. The quantitative estimate of drug-likeness (QED) is 0.397. The van der Waals surface area contributed by atoms with Gasteiger partial charge in [-0.2, -0.15) is 13.2 Å². The summed E-state index contributed by atoms with van der Waals surface area (Å²) < 4.78 is 38.2. The van der Waals surface area contributed by atoms with Crippen LogP contribution in [0.2, 0.25) is 0 Å². The summed E-state index contributed by atoms with van der Waals surface area (Å²) in [6.45, 7) is 1.83. The third-order valence-corrected chi connectivity index (χ3v) is 7.58. The average molecular weight is 479 g/mol. The summed E-state index contributed by atoms with van der Waals surface area (Å²) in [7, 11) is 0. The molecule has 0 heterocycles. The molecule has 2 aromatic carbocycles. The molecule has 0 bridgehead atoms. The highest BCUT2D eigenvalue weighted by atomic mass is 19.4. The molecule has 0 aromatic heterocycles. The van der Waals surface area contributed by atoms with E-state index in [2.05, 4.69) is 12.1 Å². The molecular weight excluding hydrogens is 441 g/mol. The van der Waals surface area contributed by atoms with E-state index in [9.17, 15) is 28.5 Å². The predicted octanol–water partition coefficient (Wildman–Crippen LogP) is 5.92. The van der Waals surface area contributed by atoms with Crippen LogP contribution in [0.3, 0.4) is 0 Å². The van der Waals surface area contributed by atoms with Gasteiger partial charge in [0.2, 0.25) is 0 Å². The fourth-order valence-electron chi connectivity index (χ4n) is 5.42. The lowest BCUT2D eigenvalue weighted by atomic mass is 9.66. The van der Waals surface area contributed by atoms with Gasteiger partial charge in [0.1, 0.15) is 6.10 Å². The van der Waals surface area contributed by atoms with Crippen LogP contribution in [0.1, 0.15) is 85.3 Å². The van der Waals surface area contributed by atoms with E-state index in [4.69, 9.17) is 0 Å². The minimum Gasteiger partial charge on any atom is -0.392 e. The van der Waals surface area contributed by atoms with Gasteiger partial charge in [-0.25, -0.2) is 0 Å². The Labute approximate surface area is 200 Å². The number of benzene rings is 2. The van der Waals surface area contributed by atoms with Crippen LogP contribution in [0.5, 0.6) is 0 Å². The molecule has 3 nitrogen and oxygen atoms in total. The van der Waals surface area contributed by atoms with Crippen molar-refractivity contribution in [1.29, 1.82) is 0 Å². The molecule has 1 atom stereocenters.